The lowest BCUT2D eigenvalue weighted by atomic mass is 10.2. The van der Waals surface area contributed by atoms with Crippen LogP contribution in [0.15, 0.2) is 29.2 Å². The first-order chi connectivity index (χ1) is 9.40. The van der Waals surface area contributed by atoms with Crippen LogP contribution in [-0.4, -0.2) is 38.3 Å². The third-order valence-corrected chi connectivity index (χ3v) is 3.64. The Morgan fingerprint density at radius 2 is 1.90 bits per heavy atom. The van der Waals surface area contributed by atoms with Crippen molar-refractivity contribution in [2.45, 2.75) is 13.0 Å². The number of aromatic hydroxyl groups is 1. The van der Waals surface area contributed by atoms with Crippen LogP contribution in [0.1, 0.15) is 12.5 Å². The van der Waals surface area contributed by atoms with Gasteiger partial charge in [-0.3, -0.25) is 14.5 Å². The highest BCUT2D eigenvalue weighted by Crippen LogP contribution is 2.33. The summed E-state index contributed by atoms with van der Waals surface area (Å²) in [5.41, 5.74) is 0.635. The molecule has 0 radical (unpaired) electrons. The van der Waals surface area contributed by atoms with E-state index in [0.717, 1.165) is 4.90 Å². The van der Waals surface area contributed by atoms with Crippen LogP contribution >= 0.6 is 11.8 Å². The van der Waals surface area contributed by atoms with Gasteiger partial charge in [0, 0.05) is 0 Å². The first-order valence-corrected chi connectivity index (χ1v) is 6.50. The summed E-state index contributed by atoms with van der Waals surface area (Å²) in [7, 11) is 0. The summed E-state index contributed by atoms with van der Waals surface area (Å²) in [5.74, 6) is -1.77. The lowest BCUT2D eigenvalue weighted by Gasteiger charge is -2.16. The van der Waals surface area contributed by atoms with Crippen LogP contribution in [0, 0.1) is 0 Å². The summed E-state index contributed by atoms with van der Waals surface area (Å²) in [6, 6.07) is 4.88. The SMILES string of the molecule is CC(C(=O)O)N1C(=O)SC(=Cc2ccc(O)cc2)C1=O. The number of carbonyl (C=O) groups is 3. The zero-order chi connectivity index (χ0) is 14.9. The Hall–Kier alpha value is -2.28. The molecule has 1 aromatic carbocycles. The number of imide groups is 1. The van der Waals surface area contributed by atoms with Crippen LogP contribution in [0.25, 0.3) is 6.08 Å². The summed E-state index contributed by atoms with van der Waals surface area (Å²) >= 11 is 0.699. The van der Waals surface area contributed by atoms with Gasteiger partial charge in [-0.1, -0.05) is 12.1 Å². The molecule has 6 nitrogen and oxygen atoms in total. The van der Waals surface area contributed by atoms with Crippen LogP contribution < -0.4 is 0 Å². The number of carboxylic acid groups (broad SMARTS) is 1. The van der Waals surface area contributed by atoms with E-state index in [2.05, 4.69) is 0 Å². The molecule has 7 heteroatoms. The van der Waals surface area contributed by atoms with Crippen molar-refractivity contribution in [1.82, 2.24) is 4.90 Å². The Morgan fingerprint density at radius 1 is 1.30 bits per heavy atom. The third-order valence-electron chi connectivity index (χ3n) is 2.76. The van der Waals surface area contributed by atoms with E-state index in [1.807, 2.05) is 0 Å². The molecule has 1 aromatic rings. The van der Waals surface area contributed by atoms with Gasteiger partial charge in [-0.05, 0) is 42.5 Å². The molecule has 1 atom stereocenters. The lowest BCUT2D eigenvalue weighted by Crippen LogP contribution is -2.41. The molecule has 0 aliphatic carbocycles. The van der Waals surface area contributed by atoms with Gasteiger partial charge in [-0.2, -0.15) is 0 Å². The van der Waals surface area contributed by atoms with Crippen molar-refractivity contribution in [3.05, 3.63) is 34.7 Å². The summed E-state index contributed by atoms with van der Waals surface area (Å²) in [6.07, 6.45) is 1.49. The molecular formula is C13H11NO5S. The normalized spacial score (nSPS) is 18.6. The zero-order valence-electron chi connectivity index (χ0n) is 10.4. The molecule has 1 aliphatic rings. The maximum atomic E-state index is 12.0. The number of amides is 2. The molecule has 1 fully saturated rings. The third kappa shape index (κ3) is 2.67. The topological polar surface area (TPSA) is 94.9 Å². The molecule has 104 valence electrons. The smallest absolute Gasteiger partial charge is 0.326 e. The van der Waals surface area contributed by atoms with E-state index >= 15 is 0 Å². The van der Waals surface area contributed by atoms with Crippen LogP contribution in [0.4, 0.5) is 4.79 Å². The molecule has 0 saturated carbocycles. The molecule has 0 aromatic heterocycles. The molecule has 20 heavy (non-hydrogen) atoms. The number of rotatable bonds is 3. The van der Waals surface area contributed by atoms with E-state index in [-0.39, 0.29) is 10.7 Å². The highest BCUT2D eigenvalue weighted by molar-refractivity contribution is 8.18. The molecule has 2 rings (SSSR count). The minimum absolute atomic E-state index is 0.0924. The number of carbonyl (C=O) groups excluding carboxylic acids is 2. The number of phenols is 1. The first kappa shape index (κ1) is 14.1. The number of benzene rings is 1. The van der Waals surface area contributed by atoms with Gasteiger partial charge in [-0.15, -0.1) is 0 Å². The van der Waals surface area contributed by atoms with Crippen molar-refractivity contribution in [1.29, 1.82) is 0 Å². The van der Waals surface area contributed by atoms with E-state index in [1.165, 1.54) is 25.1 Å². The van der Waals surface area contributed by atoms with Crippen molar-refractivity contribution in [3.63, 3.8) is 0 Å². The molecular weight excluding hydrogens is 282 g/mol. The molecule has 2 N–H and O–H groups in total. The van der Waals surface area contributed by atoms with E-state index in [1.54, 1.807) is 12.1 Å². The minimum atomic E-state index is -1.24. The molecule has 0 spiro atoms. The van der Waals surface area contributed by atoms with Gasteiger partial charge in [-0.25, -0.2) is 4.79 Å². The van der Waals surface area contributed by atoms with Crippen molar-refractivity contribution < 1.29 is 24.6 Å². The summed E-state index contributed by atoms with van der Waals surface area (Å²) in [6.45, 7) is 1.28. The predicted octanol–water partition coefficient (Wildman–Crippen LogP) is 1.90. The van der Waals surface area contributed by atoms with Crippen molar-refractivity contribution in [2.75, 3.05) is 0 Å². The Kier molecular flexibility index (Phi) is 3.80. The monoisotopic (exact) mass is 293 g/mol. The Morgan fingerprint density at radius 3 is 2.45 bits per heavy atom. The maximum Gasteiger partial charge on any atom is 0.326 e. The number of hydrogen-bond acceptors (Lipinski definition) is 5. The van der Waals surface area contributed by atoms with Crippen LogP contribution in [0.3, 0.4) is 0 Å². The van der Waals surface area contributed by atoms with Gasteiger partial charge >= 0.3 is 5.97 Å². The van der Waals surface area contributed by atoms with Gasteiger partial charge in [0.25, 0.3) is 11.1 Å². The standard InChI is InChI=1S/C13H11NO5S/c1-7(12(17)18)14-11(16)10(20-13(14)19)6-8-2-4-9(15)5-3-8/h2-7,15H,1H3,(H,17,18). The number of nitrogens with zero attached hydrogens (tertiary/aromatic N) is 1. The molecule has 1 unspecified atom stereocenters. The fourth-order valence-electron chi connectivity index (χ4n) is 1.65. The Bertz CT molecular complexity index is 608. The molecule has 2 amide bonds. The van der Waals surface area contributed by atoms with Gasteiger partial charge in [0.05, 0.1) is 4.91 Å². The van der Waals surface area contributed by atoms with Gasteiger partial charge in [0.2, 0.25) is 0 Å². The molecule has 1 saturated heterocycles. The highest BCUT2D eigenvalue weighted by atomic mass is 32.2. The Labute approximate surface area is 118 Å². The van der Waals surface area contributed by atoms with Crippen molar-refractivity contribution >= 4 is 35.0 Å². The average molecular weight is 293 g/mol. The molecule has 1 heterocycles. The van der Waals surface area contributed by atoms with Crippen molar-refractivity contribution in [2.24, 2.45) is 0 Å². The fraction of sp³-hybridized carbons (Fsp3) is 0.154. The predicted molar refractivity (Wildman–Crippen MR) is 73.0 cm³/mol. The van der Waals surface area contributed by atoms with Crippen LogP contribution in [0.5, 0.6) is 5.75 Å². The molecule has 1 aliphatic heterocycles. The average Bonchev–Trinajstić information content (AvgIpc) is 2.66. The van der Waals surface area contributed by atoms with E-state index in [0.29, 0.717) is 17.3 Å². The van der Waals surface area contributed by atoms with Crippen LogP contribution in [-0.2, 0) is 9.59 Å². The highest BCUT2D eigenvalue weighted by Gasteiger charge is 2.40. The van der Waals surface area contributed by atoms with Gasteiger partial charge in [0.1, 0.15) is 11.8 Å². The van der Waals surface area contributed by atoms with E-state index < -0.39 is 23.2 Å². The zero-order valence-corrected chi connectivity index (χ0v) is 11.3. The summed E-state index contributed by atoms with van der Waals surface area (Å²) < 4.78 is 0. The second-order valence-corrected chi connectivity index (χ2v) is 5.15. The Balaban J connectivity index is 2.28. The number of thioether (sulfide) groups is 1. The van der Waals surface area contributed by atoms with Gasteiger partial charge < -0.3 is 10.2 Å². The summed E-state index contributed by atoms with van der Waals surface area (Å²) in [5, 5.41) is 17.4. The number of carboxylic acids is 1. The largest absolute Gasteiger partial charge is 0.508 e. The van der Waals surface area contributed by atoms with Gasteiger partial charge in [0.15, 0.2) is 0 Å². The number of aliphatic carboxylic acids is 1. The maximum absolute atomic E-state index is 12.0. The van der Waals surface area contributed by atoms with E-state index in [4.69, 9.17) is 10.2 Å². The summed E-state index contributed by atoms with van der Waals surface area (Å²) in [4.78, 5) is 35.5. The number of hydrogen-bond donors (Lipinski definition) is 2. The first-order valence-electron chi connectivity index (χ1n) is 5.69. The number of phenolic OH excluding ortho intramolecular Hbond substituents is 1. The minimum Gasteiger partial charge on any atom is -0.508 e. The lowest BCUT2D eigenvalue weighted by molar-refractivity contribution is -0.145. The molecule has 0 bridgehead atoms. The quantitative estimate of drug-likeness (QED) is 0.826. The van der Waals surface area contributed by atoms with Crippen molar-refractivity contribution in [3.8, 4) is 5.75 Å². The second kappa shape index (κ2) is 5.38. The van der Waals surface area contributed by atoms with E-state index in [9.17, 15) is 14.4 Å². The fourth-order valence-corrected chi connectivity index (χ4v) is 2.55. The van der Waals surface area contributed by atoms with Crippen LogP contribution in [0.2, 0.25) is 0 Å². The second-order valence-electron chi connectivity index (χ2n) is 4.16.